The number of aliphatic hydroxyl groups is 1. The van der Waals surface area contributed by atoms with Crippen LogP contribution in [0.3, 0.4) is 0 Å². The highest BCUT2D eigenvalue weighted by atomic mass is 32.1. The number of thiol groups is 1. The monoisotopic (exact) mass is 156 g/mol. The highest BCUT2D eigenvalue weighted by Crippen LogP contribution is 2.24. The molecule has 3 heteroatoms. The van der Waals surface area contributed by atoms with Crippen LogP contribution < -0.4 is 0 Å². The Bertz CT molecular complexity index is 235. The van der Waals surface area contributed by atoms with Gasteiger partial charge in [-0.2, -0.15) is 0 Å². The summed E-state index contributed by atoms with van der Waals surface area (Å²) in [5.74, 6) is 0.0633. The van der Waals surface area contributed by atoms with Crippen molar-refractivity contribution in [2.75, 3.05) is 0 Å². The van der Waals surface area contributed by atoms with Crippen molar-refractivity contribution in [1.82, 2.24) is 0 Å². The summed E-state index contributed by atoms with van der Waals surface area (Å²) < 4.78 is 0. The third-order valence-corrected chi connectivity index (χ3v) is 1.63. The number of phenols is 1. The third kappa shape index (κ3) is 1.25. The fourth-order valence-electron chi connectivity index (χ4n) is 0.705. The quantitative estimate of drug-likeness (QED) is 0.534. The summed E-state index contributed by atoms with van der Waals surface area (Å²) in [5.41, 5.74) is 0.507. The second-order valence-corrected chi connectivity index (χ2v) is 2.42. The van der Waals surface area contributed by atoms with Gasteiger partial charge < -0.3 is 10.2 Å². The summed E-state index contributed by atoms with van der Waals surface area (Å²) >= 11 is 3.96. The van der Waals surface area contributed by atoms with Crippen LogP contribution in [0.2, 0.25) is 0 Å². The predicted octanol–water partition coefficient (Wildman–Crippen LogP) is 1.17. The number of para-hydroxylation sites is 1. The molecule has 0 atom stereocenters. The first-order valence-corrected chi connectivity index (χ1v) is 3.31. The Morgan fingerprint density at radius 2 is 2.10 bits per heavy atom. The average molecular weight is 156 g/mol. The van der Waals surface area contributed by atoms with Crippen molar-refractivity contribution in [3.05, 3.63) is 23.8 Å². The van der Waals surface area contributed by atoms with Crippen molar-refractivity contribution in [3.63, 3.8) is 0 Å². The number of hydrogen-bond donors (Lipinski definition) is 3. The maximum atomic E-state index is 9.16. The molecule has 2 N–H and O–H groups in total. The van der Waals surface area contributed by atoms with Crippen molar-refractivity contribution < 1.29 is 10.2 Å². The van der Waals surface area contributed by atoms with Crippen LogP contribution in [0.1, 0.15) is 5.56 Å². The summed E-state index contributed by atoms with van der Waals surface area (Å²) in [6, 6.07) is 5.04. The molecule has 0 amide bonds. The van der Waals surface area contributed by atoms with Gasteiger partial charge in [0.1, 0.15) is 5.75 Å². The summed E-state index contributed by atoms with van der Waals surface area (Å²) in [6.07, 6.45) is 0. The average Bonchev–Trinajstić information content (AvgIpc) is 1.95. The molecule has 1 aromatic rings. The second-order valence-electron chi connectivity index (χ2n) is 1.94. The highest BCUT2D eigenvalue weighted by Gasteiger charge is 2.00. The Morgan fingerprint density at radius 3 is 2.60 bits per heavy atom. The van der Waals surface area contributed by atoms with Gasteiger partial charge in [-0.25, -0.2) is 0 Å². The lowest BCUT2D eigenvalue weighted by atomic mass is 10.2. The van der Waals surface area contributed by atoms with Crippen molar-refractivity contribution in [2.24, 2.45) is 0 Å². The van der Waals surface area contributed by atoms with Crippen LogP contribution >= 0.6 is 12.6 Å². The van der Waals surface area contributed by atoms with Gasteiger partial charge in [0.15, 0.2) is 0 Å². The van der Waals surface area contributed by atoms with Crippen LogP contribution in [0.4, 0.5) is 0 Å². The fourth-order valence-corrected chi connectivity index (χ4v) is 0.935. The number of benzene rings is 1. The molecule has 0 heterocycles. The first kappa shape index (κ1) is 7.44. The predicted molar refractivity (Wildman–Crippen MR) is 41.3 cm³/mol. The molecule has 0 saturated heterocycles. The van der Waals surface area contributed by atoms with E-state index in [0.717, 1.165) is 0 Å². The lowest BCUT2D eigenvalue weighted by molar-refractivity contribution is 0.274. The van der Waals surface area contributed by atoms with Crippen molar-refractivity contribution in [3.8, 4) is 5.75 Å². The van der Waals surface area contributed by atoms with Crippen LogP contribution in [0.5, 0.6) is 5.75 Å². The van der Waals surface area contributed by atoms with E-state index in [0.29, 0.717) is 10.5 Å². The van der Waals surface area contributed by atoms with Crippen LogP contribution in [0.25, 0.3) is 0 Å². The minimum atomic E-state index is -0.153. The number of aliphatic hydroxyl groups excluding tert-OH is 1. The van der Waals surface area contributed by atoms with E-state index in [4.69, 9.17) is 10.2 Å². The van der Waals surface area contributed by atoms with Gasteiger partial charge in [-0.05, 0) is 6.07 Å². The normalized spacial score (nSPS) is 9.80. The molecule has 0 radical (unpaired) electrons. The minimum absolute atomic E-state index is 0.0633. The summed E-state index contributed by atoms with van der Waals surface area (Å²) in [7, 11) is 0. The zero-order valence-corrected chi connectivity index (χ0v) is 6.18. The zero-order valence-electron chi connectivity index (χ0n) is 5.28. The fraction of sp³-hybridized carbons (Fsp3) is 0.143. The van der Waals surface area contributed by atoms with Crippen LogP contribution in [0.15, 0.2) is 23.1 Å². The molecular weight excluding hydrogens is 148 g/mol. The first-order valence-electron chi connectivity index (χ1n) is 2.86. The first-order chi connectivity index (χ1) is 4.75. The molecule has 1 aromatic carbocycles. The SMILES string of the molecule is OCc1cccc(S)c1O. The molecule has 1 rings (SSSR count). The summed E-state index contributed by atoms with van der Waals surface area (Å²) in [5, 5.41) is 17.8. The van der Waals surface area contributed by atoms with E-state index in [1.807, 2.05) is 0 Å². The van der Waals surface area contributed by atoms with Crippen molar-refractivity contribution in [1.29, 1.82) is 0 Å². The third-order valence-electron chi connectivity index (χ3n) is 1.27. The molecule has 0 spiro atoms. The minimum Gasteiger partial charge on any atom is -0.506 e. The Morgan fingerprint density at radius 1 is 1.40 bits per heavy atom. The zero-order chi connectivity index (χ0) is 7.56. The number of rotatable bonds is 1. The molecule has 0 aromatic heterocycles. The van der Waals surface area contributed by atoms with E-state index in [9.17, 15) is 0 Å². The van der Waals surface area contributed by atoms with Gasteiger partial charge in [-0.1, -0.05) is 12.1 Å². The van der Waals surface area contributed by atoms with Gasteiger partial charge in [0.25, 0.3) is 0 Å². The molecule has 0 saturated carbocycles. The van der Waals surface area contributed by atoms with Gasteiger partial charge in [0, 0.05) is 10.5 Å². The van der Waals surface area contributed by atoms with Crippen LogP contribution in [0, 0.1) is 0 Å². The van der Waals surface area contributed by atoms with E-state index in [2.05, 4.69) is 12.6 Å². The summed E-state index contributed by atoms with van der Waals surface area (Å²) in [6.45, 7) is -0.153. The lowest BCUT2D eigenvalue weighted by Gasteiger charge is -2.01. The largest absolute Gasteiger partial charge is 0.506 e. The highest BCUT2D eigenvalue weighted by molar-refractivity contribution is 7.80. The van der Waals surface area contributed by atoms with Gasteiger partial charge in [0.2, 0.25) is 0 Å². The topological polar surface area (TPSA) is 40.5 Å². The van der Waals surface area contributed by atoms with Gasteiger partial charge in [-0.3, -0.25) is 0 Å². The van der Waals surface area contributed by atoms with E-state index < -0.39 is 0 Å². The maximum Gasteiger partial charge on any atom is 0.134 e. The van der Waals surface area contributed by atoms with Crippen molar-refractivity contribution >= 4 is 12.6 Å². The van der Waals surface area contributed by atoms with E-state index in [-0.39, 0.29) is 12.4 Å². The summed E-state index contributed by atoms with van der Waals surface area (Å²) in [4.78, 5) is 0.492. The van der Waals surface area contributed by atoms with Crippen LogP contribution in [-0.2, 0) is 6.61 Å². The molecule has 0 fully saturated rings. The van der Waals surface area contributed by atoms with E-state index in [1.165, 1.54) is 0 Å². The van der Waals surface area contributed by atoms with E-state index >= 15 is 0 Å². The lowest BCUT2D eigenvalue weighted by Crippen LogP contribution is -1.83. The Hall–Kier alpha value is -0.670. The molecular formula is C7H8O2S. The smallest absolute Gasteiger partial charge is 0.134 e. The maximum absolute atomic E-state index is 9.16. The van der Waals surface area contributed by atoms with Crippen LogP contribution in [-0.4, -0.2) is 10.2 Å². The van der Waals surface area contributed by atoms with Crippen molar-refractivity contribution in [2.45, 2.75) is 11.5 Å². The molecule has 0 aliphatic carbocycles. The number of aromatic hydroxyl groups is 1. The second kappa shape index (κ2) is 2.94. The molecule has 0 aliphatic rings. The Labute approximate surface area is 64.5 Å². The van der Waals surface area contributed by atoms with Gasteiger partial charge >= 0.3 is 0 Å². The molecule has 10 heavy (non-hydrogen) atoms. The molecule has 2 nitrogen and oxygen atoms in total. The Balaban J connectivity index is 3.14. The molecule has 0 aliphatic heterocycles. The molecule has 54 valence electrons. The van der Waals surface area contributed by atoms with E-state index in [1.54, 1.807) is 18.2 Å². The van der Waals surface area contributed by atoms with Gasteiger partial charge in [-0.15, -0.1) is 12.6 Å². The standard InChI is InChI=1S/C7H8O2S/c8-4-5-2-1-3-6(10)7(5)9/h1-3,8-10H,4H2. The molecule has 0 unspecified atom stereocenters. The van der Waals surface area contributed by atoms with Gasteiger partial charge in [0.05, 0.1) is 6.61 Å². The molecule has 0 bridgehead atoms. The Kier molecular flexibility index (Phi) is 2.19. The number of hydrogen-bond acceptors (Lipinski definition) is 3.